The second-order valence-corrected chi connectivity index (χ2v) is 6.66. The van der Waals surface area contributed by atoms with Gasteiger partial charge in [-0.1, -0.05) is 72.3 Å². The largest absolute Gasteiger partial charge is 0.293 e. The Hall–Kier alpha value is -1.86. The zero-order chi connectivity index (χ0) is 14.8. The van der Waals surface area contributed by atoms with E-state index in [0.717, 1.165) is 18.6 Å². The molecule has 2 saturated heterocycles. The Balaban J connectivity index is 1.49. The maximum Gasteiger partial charge on any atom is 0.0239 e. The third kappa shape index (κ3) is 2.86. The molecule has 0 N–H and O–H groups in total. The lowest BCUT2D eigenvalue weighted by Crippen LogP contribution is -2.39. The molecule has 0 aliphatic carbocycles. The van der Waals surface area contributed by atoms with Crippen molar-refractivity contribution in [2.75, 3.05) is 0 Å². The molecule has 2 aliphatic heterocycles. The Morgan fingerprint density at radius 3 is 2.05 bits per heavy atom. The van der Waals surface area contributed by atoms with Crippen LogP contribution >= 0.6 is 0 Å². The van der Waals surface area contributed by atoms with Gasteiger partial charge in [0, 0.05) is 18.6 Å². The minimum atomic E-state index is 0.744. The number of fused-ring (bicyclic) bond motifs is 2. The first kappa shape index (κ1) is 13.8. The normalized spacial score (nSPS) is 24.5. The number of rotatable bonds is 3. The van der Waals surface area contributed by atoms with Crippen molar-refractivity contribution in [3.05, 3.63) is 77.4 Å². The Morgan fingerprint density at radius 1 is 0.818 bits per heavy atom. The molecule has 22 heavy (non-hydrogen) atoms. The summed E-state index contributed by atoms with van der Waals surface area (Å²) < 4.78 is 0. The van der Waals surface area contributed by atoms with E-state index in [0.29, 0.717) is 0 Å². The van der Waals surface area contributed by atoms with E-state index in [1.54, 1.807) is 5.57 Å². The summed E-state index contributed by atoms with van der Waals surface area (Å²) in [5.41, 5.74) is 4.45. The van der Waals surface area contributed by atoms with E-state index in [2.05, 4.69) is 71.6 Å². The third-order valence-electron chi connectivity index (χ3n) is 5.15. The van der Waals surface area contributed by atoms with E-state index in [1.165, 1.54) is 36.8 Å². The lowest BCUT2D eigenvalue weighted by atomic mass is 9.94. The lowest BCUT2D eigenvalue weighted by Gasteiger charge is -2.36. The molecule has 0 radical (unpaired) electrons. The van der Waals surface area contributed by atoms with Crippen LogP contribution in [0, 0.1) is 0 Å². The van der Waals surface area contributed by atoms with Crippen LogP contribution in [-0.2, 0) is 6.54 Å². The zero-order valence-electron chi connectivity index (χ0n) is 13.0. The Labute approximate surface area is 133 Å². The summed E-state index contributed by atoms with van der Waals surface area (Å²) >= 11 is 0. The second kappa shape index (κ2) is 6.10. The summed E-state index contributed by atoms with van der Waals surface area (Å²) in [5.74, 6) is 0. The highest BCUT2D eigenvalue weighted by Gasteiger charge is 2.38. The van der Waals surface area contributed by atoms with Gasteiger partial charge in [0.15, 0.2) is 0 Å². The molecule has 0 aromatic heterocycles. The van der Waals surface area contributed by atoms with Crippen molar-refractivity contribution in [2.24, 2.45) is 0 Å². The van der Waals surface area contributed by atoms with Crippen molar-refractivity contribution in [3.8, 4) is 0 Å². The molecule has 2 atom stereocenters. The van der Waals surface area contributed by atoms with Crippen LogP contribution in [0.25, 0.3) is 6.08 Å². The fourth-order valence-corrected chi connectivity index (χ4v) is 4.10. The van der Waals surface area contributed by atoms with E-state index in [-0.39, 0.29) is 0 Å². The van der Waals surface area contributed by atoms with Crippen molar-refractivity contribution in [1.29, 1.82) is 0 Å². The number of hydrogen-bond acceptors (Lipinski definition) is 1. The molecule has 2 aromatic carbocycles. The Bertz CT molecular complexity index is 628. The average molecular weight is 289 g/mol. The number of hydrogen-bond donors (Lipinski definition) is 0. The number of benzene rings is 2. The highest BCUT2D eigenvalue weighted by atomic mass is 15.2. The van der Waals surface area contributed by atoms with Gasteiger partial charge >= 0.3 is 0 Å². The number of piperidine rings is 1. The molecule has 1 nitrogen and oxygen atoms in total. The van der Waals surface area contributed by atoms with E-state index >= 15 is 0 Å². The van der Waals surface area contributed by atoms with Gasteiger partial charge in [0.05, 0.1) is 0 Å². The maximum absolute atomic E-state index is 2.75. The summed E-state index contributed by atoms with van der Waals surface area (Å²) in [6, 6.07) is 23.2. The van der Waals surface area contributed by atoms with E-state index in [4.69, 9.17) is 0 Å². The topological polar surface area (TPSA) is 3.24 Å². The monoisotopic (exact) mass is 289 g/mol. The molecule has 2 unspecified atom stereocenters. The van der Waals surface area contributed by atoms with Crippen molar-refractivity contribution in [3.63, 3.8) is 0 Å². The molecular formula is C21H23N. The molecule has 4 rings (SSSR count). The van der Waals surface area contributed by atoms with Gasteiger partial charge in [0.25, 0.3) is 0 Å². The molecule has 0 amide bonds. The van der Waals surface area contributed by atoms with E-state index < -0.39 is 0 Å². The Kier molecular flexibility index (Phi) is 3.82. The SMILES string of the molecule is C(=C1CC2CCC(C1)N2Cc1ccccc1)c1ccccc1. The van der Waals surface area contributed by atoms with Crippen molar-refractivity contribution in [1.82, 2.24) is 4.90 Å². The number of nitrogens with zero attached hydrogens (tertiary/aromatic N) is 1. The Morgan fingerprint density at radius 2 is 1.41 bits per heavy atom. The van der Waals surface area contributed by atoms with Gasteiger partial charge < -0.3 is 0 Å². The third-order valence-corrected chi connectivity index (χ3v) is 5.15. The van der Waals surface area contributed by atoms with Crippen molar-refractivity contribution < 1.29 is 0 Å². The molecule has 2 aliphatic rings. The highest BCUT2D eigenvalue weighted by molar-refractivity contribution is 5.53. The minimum Gasteiger partial charge on any atom is -0.293 e. The molecule has 112 valence electrons. The van der Waals surface area contributed by atoms with Gasteiger partial charge in [0.2, 0.25) is 0 Å². The molecule has 2 fully saturated rings. The van der Waals surface area contributed by atoms with Crippen LogP contribution in [0.1, 0.15) is 36.8 Å². The van der Waals surface area contributed by atoms with Crippen LogP contribution in [0.2, 0.25) is 0 Å². The maximum atomic E-state index is 2.75. The highest BCUT2D eigenvalue weighted by Crippen LogP contribution is 2.39. The van der Waals surface area contributed by atoms with Crippen LogP contribution < -0.4 is 0 Å². The lowest BCUT2D eigenvalue weighted by molar-refractivity contribution is 0.158. The fraction of sp³-hybridized carbons (Fsp3) is 0.333. The van der Waals surface area contributed by atoms with Gasteiger partial charge in [-0.05, 0) is 36.8 Å². The molecule has 0 saturated carbocycles. The van der Waals surface area contributed by atoms with Gasteiger partial charge in [0.1, 0.15) is 0 Å². The predicted octanol–water partition coefficient (Wildman–Crippen LogP) is 4.90. The molecule has 2 heterocycles. The van der Waals surface area contributed by atoms with Gasteiger partial charge in [-0.2, -0.15) is 0 Å². The molecule has 2 aromatic rings. The van der Waals surface area contributed by atoms with Crippen LogP contribution in [0.5, 0.6) is 0 Å². The first-order valence-corrected chi connectivity index (χ1v) is 8.42. The average Bonchev–Trinajstić information content (AvgIpc) is 2.80. The summed E-state index contributed by atoms with van der Waals surface area (Å²) in [6.45, 7) is 1.12. The summed E-state index contributed by atoms with van der Waals surface area (Å²) in [7, 11) is 0. The van der Waals surface area contributed by atoms with E-state index in [9.17, 15) is 0 Å². The predicted molar refractivity (Wildman–Crippen MR) is 92.4 cm³/mol. The van der Waals surface area contributed by atoms with Gasteiger partial charge in [-0.3, -0.25) is 4.90 Å². The zero-order valence-corrected chi connectivity index (χ0v) is 13.0. The van der Waals surface area contributed by atoms with Crippen molar-refractivity contribution >= 4 is 6.08 Å². The van der Waals surface area contributed by atoms with Crippen LogP contribution in [0.15, 0.2) is 66.2 Å². The standard InChI is InChI=1S/C21H23N/c1-3-7-17(8-4-1)13-19-14-20-11-12-21(15-19)22(20)16-18-9-5-2-6-10-18/h1-10,13,20-21H,11-12,14-16H2. The summed E-state index contributed by atoms with van der Waals surface area (Å²) in [5, 5.41) is 0. The summed E-state index contributed by atoms with van der Waals surface area (Å²) in [4.78, 5) is 2.75. The molecular weight excluding hydrogens is 266 g/mol. The smallest absolute Gasteiger partial charge is 0.0239 e. The molecule has 1 heteroatoms. The first-order chi connectivity index (χ1) is 10.9. The summed E-state index contributed by atoms with van der Waals surface area (Å²) in [6.07, 6.45) is 7.65. The minimum absolute atomic E-state index is 0.744. The van der Waals surface area contributed by atoms with Crippen LogP contribution in [0.4, 0.5) is 0 Å². The van der Waals surface area contributed by atoms with Gasteiger partial charge in [-0.15, -0.1) is 0 Å². The first-order valence-electron chi connectivity index (χ1n) is 8.42. The van der Waals surface area contributed by atoms with Gasteiger partial charge in [-0.25, -0.2) is 0 Å². The molecule has 2 bridgehead atoms. The van der Waals surface area contributed by atoms with Crippen LogP contribution in [0.3, 0.4) is 0 Å². The van der Waals surface area contributed by atoms with Crippen molar-refractivity contribution in [2.45, 2.75) is 44.3 Å². The van der Waals surface area contributed by atoms with E-state index in [1.807, 2.05) is 0 Å². The van der Waals surface area contributed by atoms with Crippen LogP contribution in [-0.4, -0.2) is 17.0 Å². The quantitative estimate of drug-likeness (QED) is 0.777. The second-order valence-electron chi connectivity index (χ2n) is 6.66. The fourth-order valence-electron chi connectivity index (χ4n) is 4.10. The molecule has 0 spiro atoms.